The van der Waals surface area contributed by atoms with Crippen LogP contribution in [0.25, 0.3) is 11.0 Å². The van der Waals surface area contributed by atoms with Crippen molar-refractivity contribution < 1.29 is 18.4 Å². The van der Waals surface area contributed by atoms with E-state index < -0.39 is 20.3 Å². The lowest BCUT2D eigenvalue weighted by Crippen LogP contribution is -2.67. The van der Waals surface area contributed by atoms with Crippen LogP contribution in [0.15, 0.2) is 89.5 Å². The van der Waals surface area contributed by atoms with E-state index in [1.165, 1.54) is 0 Å². The lowest BCUT2D eigenvalue weighted by molar-refractivity contribution is 0.0935. The Morgan fingerprint density at radius 2 is 1.68 bits per heavy atom. The number of thiazole rings is 1. The van der Waals surface area contributed by atoms with E-state index in [2.05, 4.69) is 55.3 Å². The Morgan fingerprint density at radius 3 is 2.23 bits per heavy atom. The number of benzene rings is 3. The molecule has 2 aromatic heterocycles. The highest BCUT2D eigenvalue weighted by molar-refractivity contribution is 7.11. The molecule has 1 atom stereocenters. The van der Waals surface area contributed by atoms with Crippen molar-refractivity contribution in [1.82, 2.24) is 10.3 Å². The number of aryl methyl sites for hydroxylation is 2. The number of furan rings is 1. The molecule has 0 aliphatic carbocycles. The van der Waals surface area contributed by atoms with Gasteiger partial charge in [-0.25, -0.2) is 4.98 Å². The Labute approximate surface area is 262 Å². The van der Waals surface area contributed by atoms with E-state index >= 15 is 0 Å². The van der Waals surface area contributed by atoms with Gasteiger partial charge in [-0.15, -0.1) is 11.3 Å². The number of aromatic nitrogens is 1. The number of amides is 1. The number of carbonyl (C=O) groups is 1. The molecule has 228 valence electrons. The molecule has 0 unspecified atom stereocenters. The number of hydrogen-bond acceptors (Lipinski definition) is 7. The fourth-order valence-corrected chi connectivity index (χ4v) is 10.9. The Kier molecular flexibility index (Phi) is 9.05. The first-order valence-electron chi connectivity index (χ1n) is 14.5. The van der Waals surface area contributed by atoms with Crippen molar-refractivity contribution in [2.45, 2.75) is 52.3 Å². The third kappa shape index (κ3) is 6.33. The number of amidine groups is 1. The zero-order chi connectivity index (χ0) is 31.5. The van der Waals surface area contributed by atoms with E-state index in [0.717, 1.165) is 20.3 Å². The molecule has 0 saturated carbocycles. The standard InChI is InChI=1S/C34H38N4O4SSi/c1-22-31(28-18-24(16-17-30(28)42-22)40-20-25-19-37-23(2)43-25)33(39)38-29(32(35)36)21-41-44(34(3,4)5,26-12-8-6-9-13-26)27-14-10-7-11-15-27/h6-19,29H,20-21H2,1-5H3,(H3,35,36)(H,38,39)/t29-/m0/s1. The molecule has 5 rings (SSSR count). The second-order valence-electron chi connectivity index (χ2n) is 11.8. The summed E-state index contributed by atoms with van der Waals surface area (Å²) < 4.78 is 18.9. The fourth-order valence-electron chi connectivity index (χ4n) is 5.61. The maximum absolute atomic E-state index is 13.8. The van der Waals surface area contributed by atoms with Crippen LogP contribution in [0.5, 0.6) is 5.75 Å². The Morgan fingerprint density at radius 1 is 1.05 bits per heavy atom. The molecule has 44 heavy (non-hydrogen) atoms. The van der Waals surface area contributed by atoms with Crippen LogP contribution in [0.4, 0.5) is 0 Å². The number of hydrogen-bond donors (Lipinski definition) is 3. The van der Waals surface area contributed by atoms with E-state index in [1.807, 2.05) is 49.4 Å². The largest absolute Gasteiger partial charge is 0.488 e. The van der Waals surface area contributed by atoms with Crippen molar-refractivity contribution in [3.63, 3.8) is 0 Å². The normalized spacial score (nSPS) is 12.7. The summed E-state index contributed by atoms with van der Waals surface area (Å²) in [5, 5.41) is 14.9. The van der Waals surface area contributed by atoms with Gasteiger partial charge in [0.1, 0.15) is 35.6 Å². The van der Waals surface area contributed by atoms with Gasteiger partial charge < -0.3 is 24.6 Å². The third-order valence-corrected chi connectivity index (χ3v) is 13.6. The van der Waals surface area contributed by atoms with Crippen molar-refractivity contribution in [2.24, 2.45) is 5.73 Å². The first-order chi connectivity index (χ1) is 21.0. The lowest BCUT2D eigenvalue weighted by Gasteiger charge is -2.43. The molecule has 2 heterocycles. The predicted octanol–water partition coefficient (Wildman–Crippen LogP) is 5.70. The molecule has 8 nitrogen and oxygen atoms in total. The van der Waals surface area contributed by atoms with Crippen LogP contribution in [-0.2, 0) is 11.0 Å². The van der Waals surface area contributed by atoms with Crippen molar-refractivity contribution in [2.75, 3.05) is 6.61 Å². The molecule has 1 amide bonds. The summed E-state index contributed by atoms with van der Waals surface area (Å²) >= 11 is 1.58. The van der Waals surface area contributed by atoms with E-state index in [4.69, 9.17) is 24.7 Å². The van der Waals surface area contributed by atoms with Gasteiger partial charge in [-0.3, -0.25) is 10.2 Å². The van der Waals surface area contributed by atoms with Gasteiger partial charge in [0.2, 0.25) is 0 Å². The van der Waals surface area contributed by atoms with Crippen LogP contribution in [0.2, 0.25) is 5.04 Å². The predicted molar refractivity (Wildman–Crippen MR) is 179 cm³/mol. The highest BCUT2D eigenvalue weighted by Gasteiger charge is 2.50. The first-order valence-corrected chi connectivity index (χ1v) is 17.2. The number of nitrogens with two attached hydrogens (primary N) is 1. The number of fused-ring (bicyclic) bond motifs is 1. The van der Waals surface area contributed by atoms with Crippen molar-refractivity contribution >= 4 is 52.7 Å². The van der Waals surface area contributed by atoms with Gasteiger partial charge in [0, 0.05) is 11.6 Å². The highest BCUT2D eigenvalue weighted by Crippen LogP contribution is 2.37. The maximum atomic E-state index is 13.8. The number of nitrogens with one attached hydrogen (secondary N) is 2. The molecule has 0 aliphatic rings. The molecule has 0 fully saturated rings. The van der Waals surface area contributed by atoms with Crippen molar-refractivity contribution in [3.05, 3.63) is 106 Å². The van der Waals surface area contributed by atoms with Gasteiger partial charge in [-0.05, 0) is 47.5 Å². The fraction of sp³-hybridized carbons (Fsp3) is 0.265. The lowest BCUT2D eigenvalue weighted by atomic mass is 10.1. The van der Waals surface area contributed by atoms with Gasteiger partial charge in [-0.1, -0.05) is 81.4 Å². The molecule has 0 aliphatic heterocycles. The third-order valence-electron chi connectivity index (χ3n) is 7.68. The molecule has 5 aromatic rings. The molecule has 0 bridgehead atoms. The monoisotopic (exact) mass is 626 g/mol. The molecule has 0 radical (unpaired) electrons. The second kappa shape index (κ2) is 12.8. The average molecular weight is 627 g/mol. The smallest absolute Gasteiger partial charge is 0.261 e. The minimum absolute atomic E-state index is 0.0335. The summed E-state index contributed by atoms with van der Waals surface area (Å²) in [6, 6.07) is 25.0. The van der Waals surface area contributed by atoms with Crippen LogP contribution in [0.3, 0.4) is 0 Å². The van der Waals surface area contributed by atoms with E-state index in [0.29, 0.717) is 34.6 Å². The zero-order valence-corrected chi connectivity index (χ0v) is 27.5. The number of nitrogens with zero attached hydrogens (tertiary/aromatic N) is 1. The molecule has 0 spiro atoms. The second-order valence-corrected chi connectivity index (χ2v) is 17.4. The van der Waals surface area contributed by atoms with Gasteiger partial charge in [-0.2, -0.15) is 0 Å². The summed E-state index contributed by atoms with van der Waals surface area (Å²) in [6.45, 7) is 10.6. The summed E-state index contributed by atoms with van der Waals surface area (Å²) in [5.74, 6) is 0.479. The van der Waals surface area contributed by atoms with Crippen molar-refractivity contribution in [3.8, 4) is 5.75 Å². The van der Waals surface area contributed by atoms with E-state index in [9.17, 15) is 4.79 Å². The Bertz CT molecular complexity index is 1720. The van der Waals surface area contributed by atoms with Gasteiger partial charge in [0.05, 0.1) is 22.1 Å². The molecular formula is C34H38N4O4SSi. The van der Waals surface area contributed by atoms with Crippen LogP contribution in [0.1, 0.15) is 46.8 Å². The summed E-state index contributed by atoms with van der Waals surface area (Å²) in [4.78, 5) is 19.1. The van der Waals surface area contributed by atoms with Crippen LogP contribution < -0.4 is 26.2 Å². The number of ether oxygens (including phenoxy) is 1. The van der Waals surface area contributed by atoms with Crippen LogP contribution >= 0.6 is 11.3 Å². The first kappa shape index (κ1) is 31.2. The number of rotatable bonds is 11. The average Bonchev–Trinajstić information content (AvgIpc) is 3.57. The van der Waals surface area contributed by atoms with Crippen LogP contribution in [-0.4, -0.2) is 37.7 Å². The van der Waals surface area contributed by atoms with E-state index in [1.54, 1.807) is 36.6 Å². The zero-order valence-electron chi connectivity index (χ0n) is 25.6. The van der Waals surface area contributed by atoms with Gasteiger partial charge in [0.25, 0.3) is 14.2 Å². The Hall–Kier alpha value is -4.25. The number of carbonyl (C=O) groups excluding carboxylic acids is 1. The minimum Gasteiger partial charge on any atom is -0.488 e. The molecule has 3 aromatic carbocycles. The van der Waals surface area contributed by atoms with Gasteiger partial charge in [0.15, 0.2) is 0 Å². The topological polar surface area (TPSA) is 123 Å². The maximum Gasteiger partial charge on any atom is 0.261 e. The summed E-state index contributed by atoms with van der Waals surface area (Å²) in [7, 11) is -2.92. The minimum atomic E-state index is -2.92. The molecule has 0 saturated heterocycles. The molecule has 10 heteroatoms. The summed E-state index contributed by atoms with van der Waals surface area (Å²) in [5.41, 5.74) is 7.02. The molecular weight excluding hydrogens is 589 g/mol. The highest BCUT2D eigenvalue weighted by atomic mass is 32.1. The molecule has 4 N–H and O–H groups in total. The van der Waals surface area contributed by atoms with Crippen LogP contribution in [0, 0.1) is 19.3 Å². The van der Waals surface area contributed by atoms with Gasteiger partial charge >= 0.3 is 0 Å². The van der Waals surface area contributed by atoms with E-state index in [-0.39, 0.29) is 17.5 Å². The Balaban J connectivity index is 1.42. The quantitative estimate of drug-likeness (QED) is 0.0983. The SMILES string of the molecule is Cc1ncc(COc2ccc3oc(C)c(C(=O)N[C@@H](CO[Si](c4ccccc4)(c4ccccc4)C(C)(C)C)C(=N)N)c3c2)s1. The van der Waals surface area contributed by atoms with Crippen molar-refractivity contribution in [1.29, 1.82) is 5.41 Å². The summed E-state index contributed by atoms with van der Waals surface area (Å²) in [6.07, 6.45) is 1.80.